The number of carbonyl (C=O) groups excluding carboxylic acids is 1. The molecular weight excluding hydrogens is 356 g/mol. The van der Waals surface area contributed by atoms with E-state index in [0.717, 1.165) is 22.6 Å². The predicted molar refractivity (Wildman–Crippen MR) is 116 cm³/mol. The first-order chi connectivity index (χ1) is 12.8. The van der Waals surface area contributed by atoms with Crippen molar-refractivity contribution in [2.24, 2.45) is 5.92 Å². The normalized spacial score (nSPS) is 16.3. The number of carbonyl (C=O) groups is 1. The van der Waals surface area contributed by atoms with Crippen LogP contribution < -0.4 is 0 Å². The number of fused-ring (bicyclic) bond motifs is 1. The SMILES string of the molecule is O=C(c1ccccc1)C(/C=C/c1ccc2ccccc2c1)C1SCCS1. The van der Waals surface area contributed by atoms with Gasteiger partial charge in [-0.2, -0.15) is 0 Å². The third kappa shape index (κ3) is 3.89. The van der Waals surface area contributed by atoms with Crippen LogP contribution in [0, 0.1) is 5.92 Å². The molecule has 0 amide bonds. The van der Waals surface area contributed by atoms with Gasteiger partial charge in [-0.3, -0.25) is 4.79 Å². The summed E-state index contributed by atoms with van der Waals surface area (Å²) >= 11 is 3.80. The lowest BCUT2D eigenvalue weighted by Gasteiger charge is -2.18. The van der Waals surface area contributed by atoms with E-state index in [-0.39, 0.29) is 11.7 Å². The third-order valence-corrected chi connectivity index (χ3v) is 7.77. The Balaban J connectivity index is 1.62. The van der Waals surface area contributed by atoms with Crippen molar-refractivity contribution in [3.63, 3.8) is 0 Å². The summed E-state index contributed by atoms with van der Waals surface area (Å²) in [5.41, 5.74) is 1.94. The molecule has 1 atom stereocenters. The van der Waals surface area contributed by atoms with Gasteiger partial charge in [-0.1, -0.05) is 78.9 Å². The number of benzene rings is 3. The van der Waals surface area contributed by atoms with Crippen LogP contribution in [0.1, 0.15) is 15.9 Å². The van der Waals surface area contributed by atoms with E-state index in [4.69, 9.17) is 0 Å². The van der Waals surface area contributed by atoms with Crippen molar-refractivity contribution in [2.75, 3.05) is 11.5 Å². The molecule has 1 aliphatic heterocycles. The van der Waals surface area contributed by atoms with Crippen molar-refractivity contribution in [1.82, 2.24) is 0 Å². The van der Waals surface area contributed by atoms with Gasteiger partial charge in [-0.25, -0.2) is 0 Å². The standard InChI is InChI=1S/C23H20OS2/c24-22(19-7-2-1-3-8-19)21(23-25-14-15-26-23)13-11-17-10-12-18-6-4-5-9-20(18)16-17/h1-13,16,21,23H,14-15H2/b13-11+. The van der Waals surface area contributed by atoms with Gasteiger partial charge in [0, 0.05) is 17.1 Å². The molecule has 1 heterocycles. The van der Waals surface area contributed by atoms with E-state index in [1.165, 1.54) is 10.8 Å². The number of Topliss-reactive ketones (excluding diaryl/α,β-unsaturated/α-hetero) is 1. The van der Waals surface area contributed by atoms with E-state index in [2.05, 4.69) is 54.6 Å². The second-order valence-corrected chi connectivity index (χ2v) is 9.13. The number of hydrogen-bond acceptors (Lipinski definition) is 3. The van der Waals surface area contributed by atoms with Crippen LogP contribution in [0.4, 0.5) is 0 Å². The molecule has 0 N–H and O–H groups in total. The molecule has 0 spiro atoms. The molecule has 1 unspecified atom stereocenters. The monoisotopic (exact) mass is 376 g/mol. The molecule has 3 aromatic carbocycles. The first kappa shape index (κ1) is 17.4. The van der Waals surface area contributed by atoms with Crippen molar-refractivity contribution >= 4 is 46.2 Å². The fraction of sp³-hybridized carbons (Fsp3) is 0.174. The number of hydrogen-bond donors (Lipinski definition) is 0. The summed E-state index contributed by atoms with van der Waals surface area (Å²) in [6.07, 6.45) is 4.22. The highest BCUT2D eigenvalue weighted by Crippen LogP contribution is 2.39. The molecule has 1 nitrogen and oxygen atoms in total. The molecule has 0 saturated carbocycles. The highest BCUT2D eigenvalue weighted by Gasteiger charge is 2.30. The smallest absolute Gasteiger partial charge is 0.171 e. The third-order valence-electron chi connectivity index (χ3n) is 4.57. The minimum atomic E-state index is -0.0960. The molecule has 26 heavy (non-hydrogen) atoms. The van der Waals surface area contributed by atoms with Gasteiger partial charge in [0.2, 0.25) is 0 Å². The van der Waals surface area contributed by atoms with Gasteiger partial charge in [0.25, 0.3) is 0 Å². The van der Waals surface area contributed by atoms with Gasteiger partial charge < -0.3 is 0 Å². The fourth-order valence-electron chi connectivity index (χ4n) is 3.21. The quantitative estimate of drug-likeness (QED) is 0.497. The molecule has 0 aromatic heterocycles. The van der Waals surface area contributed by atoms with Crippen LogP contribution in [-0.2, 0) is 0 Å². The molecule has 1 fully saturated rings. The minimum Gasteiger partial charge on any atom is -0.293 e. The topological polar surface area (TPSA) is 17.1 Å². The maximum Gasteiger partial charge on any atom is 0.171 e. The highest BCUT2D eigenvalue weighted by molar-refractivity contribution is 8.20. The van der Waals surface area contributed by atoms with Gasteiger partial charge in [-0.15, -0.1) is 23.5 Å². The maximum absolute atomic E-state index is 13.1. The van der Waals surface area contributed by atoms with Gasteiger partial charge in [0.15, 0.2) is 5.78 Å². The first-order valence-corrected chi connectivity index (χ1v) is 10.9. The largest absolute Gasteiger partial charge is 0.293 e. The van der Waals surface area contributed by atoms with Gasteiger partial charge in [0.1, 0.15) is 0 Å². The predicted octanol–water partition coefficient (Wildman–Crippen LogP) is 6.16. The molecule has 3 aromatic rings. The van der Waals surface area contributed by atoms with Crippen LogP contribution in [0.25, 0.3) is 16.8 Å². The summed E-state index contributed by atoms with van der Waals surface area (Å²) in [5.74, 6) is 2.37. The Morgan fingerprint density at radius 2 is 1.58 bits per heavy atom. The van der Waals surface area contributed by atoms with Crippen molar-refractivity contribution in [3.8, 4) is 0 Å². The summed E-state index contributed by atoms with van der Waals surface area (Å²) in [4.78, 5) is 13.1. The number of allylic oxidation sites excluding steroid dienone is 1. The van der Waals surface area contributed by atoms with E-state index in [1.54, 1.807) is 0 Å². The van der Waals surface area contributed by atoms with Gasteiger partial charge in [0.05, 0.1) is 10.5 Å². The van der Waals surface area contributed by atoms with Crippen LogP contribution in [0.15, 0.2) is 78.9 Å². The van der Waals surface area contributed by atoms with Crippen molar-refractivity contribution in [3.05, 3.63) is 90.0 Å². The van der Waals surface area contributed by atoms with Crippen LogP contribution >= 0.6 is 23.5 Å². The lowest BCUT2D eigenvalue weighted by Crippen LogP contribution is -2.20. The molecule has 0 radical (unpaired) electrons. The van der Waals surface area contributed by atoms with Crippen LogP contribution in [0.3, 0.4) is 0 Å². The Labute approximate surface area is 162 Å². The van der Waals surface area contributed by atoms with Crippen molar-refractivity contribution < 1.29 is 4.79 Å². The number of thioether (sulfide) groups is 2. The van der Waals surface area contributed by atoms with Crippen molar-refractivity contribution in [1.29, 1.82) is 0 Å². The molecular formula is C23H20OS2. The Hall–Kier alpha value is -1.97. The van der Waals surface area contributed by atoms with Gasteiger partial charge in [-0.05, 0) is 22.4 Å². The Morgan fingerprint density at radius 1 is 0.885 bits per heavy atom. The summed E-state index contributed by atoms with van der Waals surface area (Å²) in [7, 11) is 0. The lowest BCUT2D eigenvalue weighted by atomic mass is 9.97. The zero-order valence-corrected chi connectivity index (χ0v) is 16.0. The summed E-state index contributed by atoms with van der Waals surface area (Å²) in [5, 5.41) is 2.47. The second-order valence-electron chi connectivity index (χ2n) is 6.33. The van der Waals surface area contributed by atoms with Crippen LogP contribution in [0.2, 0.25) is 0 Å². The minimum absolute atomic E-state index is 0.0960. The van der Waals surface area contributed by atoms with E-state index < -0.39 is 0 Å². The summed E-state index contributed by atoms with van der Waals surface area (Å²) in [6.45, 7) is 0. The summed E-state index contributed by atoms with van der Waals surface area (Å²) in [6, 6.07) is 24.5. The van der Waals surface area contributed by atoms with E-state index >= 15 is 0 Å². The van der Waals surface area contributed by atoms with E-state index in [9.17, 15) is 4.79 Å². The Morgan fingerprint density at radius 3 is 2.35 bits per heavy atom. The lowest BCUT2D eigenvalue weighted by molar-refractivity contribution is 0.0952. The molecule has 3 heteroatoms. The zero-order chi connectivity index (χ0) is 17.8. The van der Waals surface area contributed by atoms with E-state index in [0.29, 0.717) is 4.58 Å². The average molecular weight is 377 g/mol. The average Bonchev–Trinajstić information content (AvgIpc) is 3.23. The Kier molecular flexibility index (Phi) is 5.47. The van der Waals surface area contributed by atoms with Crippen LogP contribution in [0.5, 0.6) is 0 Å². The maximum atomic E-state index is 13.1. The summed E-state index contributed by atoms with van der Waals surface area (Å²) < 4.78 is 0.305. The Bertz CT molecular complexity index is 927. The molecule has 0 bridgehead atoms. The van der Waals surface area contributed by atoms with E-state index in [1.807, 2.05) is 53.9 Å². The van der Waals surface area contributed by atoms with Crippen LogP contribution in [-0.4, -0.2) is 21.9 Å². The number of rotatable bonds is 5. The van der Waals surface area contributed by atoms with Crippen molar-refractivity contribution in [2.45, 2.75) is 4.58 Å². The molecule has 1 saturated heterocycles. The zero-order valence-electron chi connectivity index (χ0n) is 14.4. The highest BCUT2D eigenvalue weighted by atomic mass is 32.2. The first-order valence-electron chi connectivity index (χ1n) is 8.81. The second kappa shape index (κ2) is 8.15. The molecule has 4 rings (SSSR count). The fourth-order valence-corrected chi connectivity index (χ4v) is 6.25. The molecule has 0 aliphatic carbocycles. The molecule has 130 valence electrons. The molecule has 1 aliphatic rings. The number of ketones is 1. The van der Waals surface area contributed by atoms with Gasteiger partial charge >= 0.3 is 0 Å².